The number of aryl methyl sites for hydroxylation is 1. The second kappa shape index (κ2) is 13.4. The molecule has 6 rings (SSSR count). The highest BCUT2D eigenvalue weighted by Gasteiger charge is 2.52. The summed E-state index contributed by atoms with van der Waals surface area (Å²) in [4.78, 5) is 0. The summed E-state index contributed by atoms with van der Waals surface area (Å²) in [5.41, 5.74) is 3.65. The molecular formula is C40H45F3NO3P. The largest absolute Gasteiger partial charge is 0.452 e. The van der Waals surface area contributed by atoms with Crippen molar-refractivity contribution in [3.63, 3.8) is 0 Å². The van der Waals surface area contributed by atoms with Gasteiger partial charge in [-0.05, 0) is 107 Å². The normalized spacial score (nSPS) is 23.2. The van der Waals surface area contributed by atoms with Crippen molar-refractivity contribution in [1.82, 2.24) is 5.32 Å². The first-order valence-corrected chi connectivity index (χ1v) is 18.5. The number of fused-ring (bicyclic) bond motifs is 3. The highest BCUT2D eigenvalue weighted by molar-refractivity contribution is 7.55. The summed E-state index contributed by atoms with van der Waals surface area (Å²) in [6.07, 6.45) is 0.645. The van der Waals surface area contributed by atoms with Crippen molar-refractivity contribution in [3.05, 3.63) is 131 Å². The smallest absolute Gasteiger partial charge is 0.415 e. The Morgan fingerprint density at radius 1 is 0.833 bits per heavy atom. The Morgan fingerprint density at radius 2 is 1.42 bits per heavy atom. The van der Waals surface area contributed by atoms with Gasteiger partial charge >= 0.3 is 13.8 Å². The lowest BCUT2D eigenvalue weighted by atomic mass is 9.49. The summed E-state index contributed by atoms with van der Waals surface area (Å²) in [7, 11) is -4.16. The molecule has 0 aromatic heterocycles. The van der Waals surface area contributed by atoms with E-state index in [2.05, 4.69) is 51.2 Å². The SMILES string of the molecule is CC(C)c1ccc2c(c1)CC[C@H]1[C@](C)(CNC(c3ccc(C(F)(F)F)cc3)P(=O)(Oc3ccccc3)Oc3ccccc3)CCC[C@]21C. The molecule has 4 nitrogen and oxygen atoms in total. The predicted octanol–water partition coefficient (Wildman–Crippen LogP) is 11.5. The van der Waals surface area contributed by atoms with Crippen molar-refractivity contribution in [2.24, 2.45) is 11.3 Å². The molecule has 0 saturated heterocycles. The molecule has 1 saturated carbocycles. The highest BCUT2D eigenvalue weighted by Crippen LogP contribution is 2.61. The highest BCUT2D eigenvalue weighted by atomic mass is 31.2. The molecule has 0 radical (unpaired) electrons. The van der Waals surface area contributed by atoms with Gasteiger partial charge in [0.1, 0.15) is 11.5 Å². The van der Waals surface area contributed by atoms with Crippen LogP contribution in [0.25, 0.3) is 0 Å². The third-order valence-electron chi connectivity index (χ3n) is 10.7. The molecule has 2 aliphatic rings. The van der Waals surface area contributed by atoms with Crippen LogP contribution in [0.5, 0.6) is 11.5 Å². The van der Waals surface area contributed by atoms with Gasteiger partial charge in [-0.15, -0.1) is 0 Å². The van der Waals surface area contributed by atoms with Gasteiger partial charge < -0.3 is 9.05 Å². The lowest BCUT2D eigenvalue weighted by Crippen LogP contribution is -2.53. The van der Waals surface area contributed by atoms with Crippen LogP contribution in [0.1, 0.15) is 92.9 Å². The average molecular weight is 676 g/mol. The molecule has 48 heavy (non-hydrogen) atoms. The molecule has 4 aromatic rings. The molecule has 8 heteroatoms. The zero-order valence-corrected chi connectivity index (χ0v) is 29.0. The molecule has 0 aliphatic heterocycles. The molecule has 0 heterocycles. The van der Waals surface area contributed by atoms with E-state index >= 15 is 4.57 Å². The second-order valence-corrected chi connectivity index (χ2v) is 16.3. The Balaban J connectivity index is 1.37. The van der Waals surface area contributed by atoms with Crippen molar-refractivity contribution >= 4 is 7.60 Å². The first-order valence-electron chi connectivity index (χ1n) is 16.9. The molecule has 0 amide bonds. The van der Waals surface area contributed by atoms with Crippen LogP contribution in [-0.2, 0) is 22.6 Å². The Bertz CT molecular complexity index is 1700. The van der Waals surface area contributed by atoms with E-state index in [0.717, 1.165) is 44.2 Å². The Hall–Kier alpha value is -3.54. The summed E-state index contributed by atoms with van der Waals surface area (Å²) in [5.74, 6) is 0.458. The summed E-state index contributed by atoms with van der Waals surface area (Å²) in [6.45, 7) is 9.65. The van der Waals surface area contributed by atoms with Crippen LogP contribution in [0, 0.1) is 11.3 Å². The van der Waals surface area contributed by atoms with Gasteiger partial charge in [-0.25, -0.2) is 4.57 Å². The third kappa shape index (κ3) is 6.95. The summed E-state index contributed by atoms with van der Waals surface area (Å²) in [5, 5.41) is 3.59. The molecule has 1 N–H and O–H groups in total. The number of rotatable bonds is 10. The van der Waals surface area contributed by atoms with E-state index in [1.807, 2.05) is 12.1 Å². The fraction of sp³-hybridized carbons (Fsp3) is 0.400. The maximum Gasteiger partial charge on any atom is 0.452 e. The lowest BCUT2D eigenvalue weighted by Gasteiger charge is -2.56. The number of halogens is 3. The van der Waals surface area contributed by atoms with E-state index < -0.39 is 25.1 Å². The minimum atomic E-state index is -4.50. The van der Waals surface area contributed by atoms with Crippen LogP contribution >= 0.6 is 7.60 Å². The number of hydrogen-bond donors (Lipinski definition) is 1. The van der Waals surface area contributed by atoms with Crippen LogP contribution in [0.2, 0.25) is 0 Å². The number of benzene rings is 4. The van der Waals surface area contributed by atoms with Gasteiger partial charge in [0.15, 0.2) is 5.78 Å². The monoisotopic (exact) mass is 675 g/mol. The fourth-order valence-corrected chi connectivity index (χ4v) is 10.1. The molecule has 4 aromatic carbocycles. The number of alkyl halides is 3. The standard InChI is InChI=1S/C40H45F3NO3P/c1-28(2)30-18-22-35-31(26-30)19-23-36-38(3,24-11-25-39(35,36)4)27-44-37(29-16-20-32(21-17-29)40(41,42)43)48(45,46-33-12-7-5-8-13-33)47-34-14-9-6-10-15-34/h5-10,12-18,20-22,26,28,36-37,44H,11,19,23-25,27H2,1-4H3/t36-,37?,38-,39+/m0/s1. The van der Waals surface area contributed by atoms with Gasteiger partial charge in [0.2, 0.25) is 0 Å². The van der Waals surface area contributed by atoms with E-state index in [9.17, 15) is 13.2 Å². The third-order valence-corrected chi connectivity index (χ3v) is 12.7. The molecule has 0 bridgehead atoms. The van der Waals surface area contributed by atoms with E-state index in [1.54, 1.807) is 48.5 Å². The predicted molar refractivity (Wildman–Crippen MR) is 186 cm³/mol. The van der Waals surface area contributed by atoms with Gasteiger partial charge in [0, 0.05) is 6.54 Å². The Morgan fingerprint density at radius 3 is 1.98 bits per heavy atom. The Labute approximate surface area is 282 Å². The van der Waals surface area contributed by atoms with E-state index in [4.69, 9.17) is 9.05 Å². The van der Waals surface area contributed by atoms with Gasteiger partial charge in [-0.1, -0.05) is 101 Å². The van der Waals surface area contributed by atoms with Gasteiger partial charge in [-0.3, -0.25) is 5.32 Å². The number of para-hydroxylation sites is 2. The zero-order valence-electron chi connectivity index (χ0n) is 28.1. The minimum absolute atomic E-state index is 0.0214. The first kappa shape index (κ1) is 34.3. The van der Waals surface area contributed by atoms with Crippen LogP contribution in [0.4, 0.5) is 13.2 Å². The van der Waals surface area contributed by atoms with Crippen LogP contribution in [0.15, 0.2) is 103 Å². The quantitative estimate of drug-likeness (QED) is 0.170. The summed E-state index contributed by atoms with van der Waals surface area (Å²) >= 11 is 0. The minimum Gasteiger partial charge on any atom is -0.415 e. The average Bonchev–Trinajstić information content (AvgIpc) is 3.05. The lowest BCUT2D eigenvalue weighted by molar-refractivity contribution is -0.137. The summed E-state index contributed by atoms with van der Waals surface area (Å²) in [6, 6.07) is 29.4. The molecule has 4 atom stereocenters. The maximum atomic E-state index is 15.2. The second-order valence-electron chi connectivity index (χ2n) is 14.3. The summed E-state index contributed by atoms with van der Waals surface area (Å²) < 4.78 is 68.5. The van der Waals surface area contributed by atoms with E-state index in [0.29, 0.717) is 35.4 Å². The number of hydrogen-bond acceptors (Lipinski definition) is 4. The van der Waals surface area contributed by atoms with E-state index in [1.165, 1.54) is 28.8 Å². The molecule has 0 spiro atoms. The zero-order chi connectivity index (χ0) is 34.2. The Kier molecular flexibility index (Phi) is 9.58. The van der Waals surface area contributed by atoms with Crippen LogP contribution < -0.4 is 14.4 Å². The first-order chi connectivity index (χ1) is 22.8. The maximum absolute atomic E-state index is 15.2. The van der Waals surface area contributed by atoms with Crippen molar-refractivity contribution in [2.45, 2.75) is 83.1 Å². The van der Waals surface area contributed by atoms with Crippen molar-refractivity contribution in [2.75, 3.05) is 6.54 Å². The van der Waals surface area contributed by atoms with Gasteiger partial charge in [-0.2, -0.15) is 13.2 Å². The topological polar surface area (TPSA) is 47.6 Å². The van der Waals surface area contributed by atoms with Crippen molar-refractivity contribution in [1.29, 1.82) is 0 Å². The molecule has 1 fully saturated rings. The molecular weight excluding hydrogens is 630 g/mol. The molecule has 2 aliphatic carbocycles. The van der Waals surface area contributed by atoms with Crippen molar-refractivity contribution < 1.29 is 26.8 Å². The number of nitrogens with one attached hydrogen (secondary N) is 1. The van der Waals surface area contributed by atoms with Gasteiger partial charge in [0.25, 0.3) is 0 Å². The molecule has 1 unspecified atom stereocenters. The van der Waals surface area contributed by atoms with Crippen molar-refractivity contribution in [3.8, 4) is 11.5 Å². The van der Waals surface area contributed by atoms with Crippen LogP contribution in [-0.4, -0.2) is 6.54 Å². The fourth-order valence-electron chi connectivity index (χ4n) is 8.19. The molecule has 254 valence electrons. The van der Waals surface area contributed by atoms with Crippen LogP contribution in [0.3, 0.4) is 0 Å². The van der Waals surface area contributed by atoms with Gasteiger partial charge in [0.05, 0.1) is 5.56 Å². The van der Waals surface area contributed by atoms with E-state index in [-0.39, 0.29) is 10.8 Å².